The summed E-state index contributed by atoms with van der Waals surface area (Å²) in [6.07, 6.45) is 3.12. The summed E-state index contributed by atoms with van der Waals surface area (Å²) in [5.74, 6) is 0.603. The minimum atomic E-state index is -0.181. The number of hydrogen-bond acceptors (Lipinski definition) is 4. The summed E-state index contributed by atoms with van der Waals surface area (Å²) in [4.78, 5) is 42.9. The van der Waals surface area contributed by atoms with E-state index >= 15 is 0 Å². The van der Waals surface area contributed by atoms with Crippen molar-refractivity contribution in [3.63, 3.8) is 0 Å². The maximum atomic E-state index is 12.9. The Bertz CT molecular complexity index is 761. The van der Waals surface area contributed by atoms with E-state index in [1.165, 1.54) is 0 Å². The van der Waals surface area contributed by atoms with Crippen molar-refractivity contribution in [1.82, 2.24) is 9.80 Å². The Balaban J connectivity index is 1.39. The lowest BCUT2D eigenvalue weighted by Gasteiger charge is -2.38. The fourth-order valence-electron chi connectivity index (χ4n) is 3.98. The van der Waals surface area contributed by atoms with Gasteiger partial charge in [-0.1, -0.05) is 6.07 Å². The number of benzene rings is 1. The Kier molecular flexibility index (Phi) is 4.76. The second-order valence-corrected chi connectivity index (χ2v) is 7.52. The van der Waals surface area contributed by atoms with Crippen LogP contribution in [-0.4, -0.2) is 66.9 Å². The number of piperidine rings is 1. The number of likely N-dealkylation sites (tertiary alicyclic amines) is 1. The average Bonchev–Trinajstić information content (AvgIpc) is 3.53. The summed E-state index contributed by atoms with van der Waals surface area (Å²) in [6, 6.07) is 7.72. The monoisotopic (exact) mass is 371 g/mol. The average molecular weight is 371 g/mol. The zero-order chi connectivity index (χ0) is 19.0. The van der Waals surface area contributed by atoms with Gasteiger partial charge in [0, 0.05) is 43.9 Å². The standard InChI is InChI=1S/C20H25N3O4/c1-27-17-4-2-3-16(11-17)22-10-9-21(13-19(22)25)20(26)14-5-8-18(24)23(12-14)15-6-7-15/h2-4,11,14-15H,5-10,12-13H2,1H3/t14-/m1/s1. The van der Waals surface area contributed by atoms with Crippen LogP contribution in [0, 0.1) is 5.92 Å². The van der Waals surface area contributed by atoms with E-state index in [0.717, 1.165) is 18.5 Å². The minimum Gasteiger partial charge on any atom is -0.497 e. The van der Waals surface area contributed by atoms with Gasteiger partial charge in [-0.25, -0.2) is 0 Å². The molecule has 2 heterocycles. The maximum Gasteiger partial charge on any atom is 0.246 e. The van der Waals surface area contributed by atoms with Gasteiger partial charge in [0.25, 0.3) is 0 Å². The fraction of sp³-hybridized carbons (Fsp3) is 0.550. The summed E-state index contributed by atoms with van der Waals surface area (Å²) in [5.41, 5.74) is 0.787. The highest BCUT2D eigenvalue weighted by atomic mass is 16.5. The summed E-state index contributed by atoms with van der Waals surface area (Å²) in [7, 11) is 1.59. The molecule has 7 heteroatoms. The molecule has 144 valence electrons. The topological polar surface area (TPSA) is 70.2 Å². The molecule has 7 nitrogen and oxygen atoms in total. The normalized spacial score (nSPS) is 23.6. The van der Waals surface area contributed by atoms with Crippen LogP contribution in [-0.2, 0) is 14.4 Å². The number of piperazine rings is 1. The molecule has 3 aliphatic rings. The third kappa shape index (κ3) is 3.63. The van der Waals surface area contributed by atoms with Gasteiger partial charge >= 0.3 is 0 Å². The first kappa shape index (κ1) is 17.8. The van der Waals surface area contributed by atoms with Crippen molar-refractivity contribution in [2.24, 2.45) is 5.92 Å². The third-order valence-corrected chi connectivity index (χ3v) is 5.68. The summed E-state index contributed by atoms with van der Waals surface area (Å²) >= 11 is 0. The number of rotatable bonds is 4. The largest absolute Gasteiger partial charge is 0.497 e. The number of hydrogen-bond donors (Lipinski definition) is 0. The number of ether oxygens (including phenoxy) is 1. The quantitative estimate of drug-likeness (QED) is 0.799. The molecular weight excluding hydrogens is 346 g/mol. The van der Waals surface area contributed by atoms with Crippen LogP contribution in [0.25, 0.3) is 0 Å². The molecule has 2 aliphatic heterocycles. The molecule has 0 bridgehead atoms. The maximum absolute atomic E-state index is 12.9. The third-order valence-electron chi connectivity index (χ3n) is 5.68. The van der Waals surface area contributed by atoms with E-state index < -0.39 is 0 Å². The smallest absolute Gasteiger partial charge is 0.246 e. The molecule has 0 spiro atoms. The first-order valence-corrected chi connectivity index (χ1v) is 9.59. The van der Waals surface area contributed by atoms with Gasteiger partial charge < -0.3 is 19.4 Å². The van der Waals surface area contributed by atoms with Gasteiger partial charge in [-0.2, -0.15) is 0 Å². The van der Waals surface area contributed by atoms with Gasteiger partial charge in [0.05, 0.1) is 13.0 Å². The van der Waals surface area contributed by atoms with Crippen molar-refractivity contribution in [1.29, 1.82) is 0 Å². The SMILES string of the molecule is COc1cccc(N2CCN(C(=O)[C@@H]3CCC(=O)N(C4CC4)C3)CC2=O)c1. The van der Waals surface area contributed by atoms with E-state index in [9.17, 15) is 14.4 Å². The van der Waals surface area contributed by atoms with Crippen LogP contribution in [0.4, 0.5) is 5.69 Å². The molecule has 3 amide bonds. The van der Waals surface area contributed by atoms with Crippen LogP contribution in [0.3, 0.4) is 0 Å². The zero-order valence-corrected chi connectivity index (χ0v) is 15.6. The van der Waals surface area contributed by atoms with Gasteiger partial charge in [0.1, 0.15) is 12.3 Å². The van der Waals surface area contributed by atoms with Gasteiger partial charge in [-0.3, -0.25) is 14.4 Å². The molecular formula is C20H25N3O4. The van der Waals surface area contributed by atoms with Crippen molar-refractivity contribution in [2.75, 3.05) is 38.2 Å². The van der Waals surface area contributed by atoms with Crippen molar-refractivity contribution in [3.05, 3.63) is 24.3 Å². The summed E-state index contributed by atoms with van der Waals surface area (Å²) < 4.78 is 5.23. The Labute approximate surface area is 158 Å². The van der Waals surface area contributed by atoms with Gasteiger partial charge in [-0.05, 0) is 31.4 Å². The number of methoxy groups -OCH3 is 1. The molecule has 0 radical (unpaired) electrons. The van der Waals surface area contributed by atoms with Crippen LogP contribution in [0.1, 0.15) is 25.7 Å². The Morgan fingerprint density at radius 1 is 1.11 bits per heavy atom. The predicted octanol–water partition coefficient (Wildman–Crippen LogP) is 1.27. The number of amides is 3. The number of carbonyl (C=O) groups is 3. The lowest BCUT2D eigenvalue weighted by atomic mass is 9.95. The molecule has 0 N–H and O–H groups in total. The van der Waals surface area contributed by atoms with Crippen molar-refractivity contribution in [2.45, 2.75) is 31.7 Å². The highest BCUT2D eigenvalue weighted by molar-refractivity contribution is 5.98. The lowest BCUT2D eigenvalue weighted by Crippen LogP contribution is -2.55. The van der Waals surface area contributed by atoms with Crippen LogP contribution in [0.5, 0.6) is 5.75 Å². The highest BCUT2D eigenvalue weighted by Gasteiger charge is 2.40. The second-order valence-electron chi connectivity index (χ2n) is 7.52. The van der Waals surface area contributed by atoms with Crippen LogP contribution < -0.4 is 9.64 Å². The van der Waals surface area contributed by atoms with Crippen molar-refractivity contribution < 1.29 is 19.1 Å². The molecule has 3 fully saturated rings. The van der Waals surface area contributed by atoms with Crippen molar-refractivity contribution >= 4 is 23.4 Å². The molecule has 0 aromatic heterocycles. The van der Waals surface area contributed by atoms with E-state index in [0.29, 0.717) is 44.3 Å². The summed E-state index contributed by atoms with van der Waals surface area (Å²) in [6.45, 7) is 1.57. The molecule has 1 aromatic rings. The highest BCUT2D eigenvalue weighted by Crippen LogP contribution is 2.32. The summed E-state index contributed by atoms with van der Waals surface area (Å²) in [5, 5.41) is 0. The Morgan fingerprint density at radius 2 is 1.93 bits per heavy atom. The first-order chi connectivity index (χ1) is 13.1. The van der Waals surface area contributed by atoms with Gasteiger partial charge in [0.15, 0.2) is 0 Å². The fourth-order valence-corrected chi connectivity index (χ4v) is 3.98. The molecule has 27 heavy (non-hydrogen) atoms. The van der Waals surface area contributed by atoms with Crippen LogP contribution in [0.15, 0.2) is 24.3 Å². The van der Waals surface area contributed by atoms with Gasteiger partial charge in [0.2, 0.25) is 17.7 Å². The zero-order valence-electron chi connectivity index (χ0n) is 15.6. The molecule has 1 saturated carbocycles. The second kappa shape index (κ2) is 7.21. The molecule has 1 aromatic carbocycles. The van der Waals surface area contributed by atoms with Crippen LogP contribution >= 0.6 is 0 Å². The van der Waals surface area contributed by atoms with E-state index in [1.54, 1.807) is 16.9 Å². The van der Waals surface area contributed by atoms with E-state index in [4.69, 9.17) is 4.74 Å². The molecule has 1 atom stereocenters. The van der Waals surface area contributed by atoms with Crippen LogP contribution in [0.2, 0.25) is 0 Å². The van der Waals surface area contributed by atoms with E-state index in [1.807, 2.05) is 29.2 Å². The number of nitrogens with zero attached hydrogens (tertiary/aromatic N) is 3. The predicted molar refractivity (Wildman–Crippen MR) is 99.4 cm³/mol. The first-order valence-electron chi connectivity index (χ1n) is 9.59. The number of carbonyl (C=O) groups excluding carboxylic acids is 3. The van der Waals surface area contributed by atoms with E-state index in [2.05, 4.69) is 0 Å². The molecule has 4 rings (SSSR count). The Morgan fingerprint density at radius 3 is 2.63 bits per heavy atom. The van der Waals surface area contributed by atoms with Gasteiger partial charge in [-0.15, -0.1) is 0 Å². The number of anilines is 1. The molecule has 2 saturated heterocycles. The molecule has 0 unspecified atom stereocenters. The minimum absolute atomic E-state index is 0.00629. The molecule has 1 aliphatic carbocycles. The Hall–Kier alpha value is -2.57. The van der Waals surface area contributed by atoms with E-state index in [-0.39, 0.29) is 30.2 Å². The van der Waals surface area contributed by atoms with Crippen molar-refractivity contribution in [3.8, 4) is 5.75 Å². The lowest BCUT2D eigenvalue weighted by molar-refractivity contribution is -0.146.